The number of carboxylic acids is 1. The molecule has 14 nitrogen and oxygen atoms in total. The minimum absolute atomic E-state index is 0.135. The molecule has 0 aliphatic carbocycles. The van der Waals surface area contributed by atoms with Crippen molar-refractivity contribution >= 4 is 57.8 Å². The van der Waals surface area contributed by atoms with Gasteiger partial charge in [-0.05, 0) is 13.5 Å². The van der Waals surface area contributed by atoms with Crippen molar-refractivity contribution in [3.8, 4) is 0 Å². The van der Waals surface area contributed by atoms with Crippen molar-refractivity contribution in [3.63, 3.8) is 0 Å². The van der Waals surface area contributed by atoms with E-state index in [1.807, 2.05) is 14.0 Å². The van der Waals surface area contributed by atoms with E-state index < -0.39 is 35.3 Å². The minimum Gasteiger partial charge on any atom is -0.477 e. The summed E-state index contributed by atoms with van der Waals surface area (Å²) in [4.78, 5) is 64.6. The van der Waals surface area contributed by atoms with Crippen LogP contribution in [0.15, 0.2) is 21.8 Å². The molecule has 2 saturated heterocycles. The molecule has 1 unspecified atom stereocenters. The number of anilines is 1. The van der Waals surface area contributed by atoms with Crippen molar-refractivity contribution in [2.24, 2.45) is 5.16 Å². The molecule has 206 valence electrons. The molecule has 0 spiro atoms. The predicted molar refractivity (Wildman–Crippen MR) is 139 cm³/mol. The zero-order valence-electron chi connectivity index (χ0n) is 20.9. The van der Waals surface area contributed by atoms with Crippen molar-refractivity contribution < 1.29 is 33.9 Å². The molecule has 3 aliphatic rings. The molecular formula is C22H29N7O7S2. The second-order valence-corrected chi connectivity index (χ2v) is 10.8. The lowest BCUT2D eigenvalue weighted by Crippen LogP contribution is -2.71. The first-order valence-electron chi connectivity index (χ1n) is 11.9. The molecule has 0 bridgehead atoms. The van der Waals surface area contributed by atoms with Crippen LogP contribution in [0.3, 0.4) is 0 Å². The van der Waals surface area contributed by atoms with Crippen molar-refractivity contribution in [3.05, 3.63) is 22.3 Å². The summed E-state index contributed by atoms with van der Waals surface area (Å²) in [7, 11) is 1.96. The van der Waals surface area contributed by atoms with Crippen molar-refractivity contribution in [2.75, 3.05) is 57.9 Å². The quantitative estimate of drug-likeness (QED) is 0.158. The molecule has 0 radical (unpaired) electrons. The monoisotopic (exact) mass is 567 g/mol. The number of carbonyl (C=O) groups excluding carboxylic acids is 3. The number of hydrogen-bond acceptors (Lipinski definition) is 12. The van der Waals surface area contributed by atoms with Gasteiger partial charge in [-0.3, -0.25) is 14.5 Å². The Morgan fingerprint density at radius 1 is 1.29 bits per heavy atom. The maximum absolute atomic E-state index is 13.0. The van der Waals surface area contributed by atoms with Gasteiger partial charge in [-0.25, -0.2) is 14.6 Å². The molecule has 4 heterocycles. The molecule has 3 amide bonds. The number of nitrogens with zero attached hydrogens (tertiary/aromatic N) is 5. The lowest BCUT2D eigenvalue weighted by molar-refractivity contribution is -0.150. The number of ether oxygens (including phenoxy) is 1. The average Bonchev–Trinajstić information content (AvgIpc) is 3.33. The third-order valence-corrected chi connectivity index (χ3v) is 8.11. The number of nitrogen functional groups attached to an aromatic ring is 1. The van der Waals surface area contributed by atoms with Crippen LogP contribution in [0.5, 0.6) is 0 Å². The van der Waals surface area contributed by atoms with Gasteiger partial charge in [0.05, 0.1) is 0 Å². The number of amides is 3. The number of aliphatic carboxylic acids is 1. The van der Waals surface area contributed by atoms with E-state index in [1.54, 1.807) is 10.3 Å². The van der Waals surface area contributed by atoms with E-state index in [1.165, 1.54) is 11.8 Å². The molecule has 1 aromatic rings. The summed E-state index contributed by atoms with van der Waals surface area (Å²) < 4.78 is 5.38. The Balaban J connectivity index is 1.43. The van der Waals surface area contributed by atoms with Crippen LogP contribution >= 0.6 is 23.1 Å². The lowest BCUT2D eigenvalue weighted by atomic mass is 10.0. The zero-order valence-corrected chi connectivity index (χ0v) is 22.5. The first kappa shape index (κ1) is 27.7. The molecule has 3 aliphatic heterocycles. The largest absolute Gasteiger partial charge is 0.477 e. The SMILES string of the molecule is CCCO/N=C(/C(=O)NC1C(=O)N2C(C(=O)O)=C(COC(=O)N3CCN(C)CC3)CS[C@H]12)c1csc(N)n1. The van der Waals surface area contributed by atoms with Gasteiger partial charge in [0.15, 0.2) is 10.8 Å². The number of likely N-dealkylation sites (N-methyl/N-ethyl adjacent to an activating group) is 1. The third-order valence-electron chi connectivity index (χ3n) is 6.10. The van der Waals surface area contributed by atoms with Gasteiger partial charge in [0.25, 0.3) is 11.8 Å². The van der Waals surface area contributed by atoms with E-state index in [4.69, 9.17) is 15.3 Å². The Morgan fingerprint density at radius 2 is 2.03 bits per heavy atom. The number of β-lactam (4-membered cyclic amide) rings is 1. The van der Waals surface area contributed by atoms with Gasteiger partial charge in [-0.15, -0.1) is 23.1 Å². The smallest absolute Gasteiger partial charge is 0.410 e. The van der Waals surface area contributed by atoms with Gasteiger partial charge in [0.2, 0.25) is 0 Å². The molecule has 38 heavy (non-hydrogen) atoms. The van der Waals surface area contributed by atoms with Crippen LogP contribution in [0.4, 0.5) is 9.93 Å². The second kappa shape index (κ2) is 12.0. The third kappa shape index (κ3) is 5.86. The number of thioether (sulfide) groups is 1. The van der Waals surface area contributed by atoms with E-state index in [9.17, 15) is 24.3 Å². The normalized spacial score (nSPS) is 22.1. The predicted octanol–water partition coefficient (Wildman–Crippen LogP) is -0.0214. The highest BCUT2D eigenvalue weighted by Crippen LogP contribution is 2.40. The van der Waals surface area contributed by atoms with E-state index >= 15 is 0 Å². The average molecular weight is 568 g/mol. The minimum atomic E-state index is -1.31. The second-order valence-electron chi connectivity index (χ2n) is 8.81. The van der Waals surface area contributed by atoms with Crippen molar-refractivity contribution in [1.82, 2.24) is 25.0 Å². The lowest BCUT2D eigenvalue weighted by Gasteiger charge is -2.49. The van der Waals surface area contributed by atoms with Gasteiger partial charge in [-0.2, -0.15) is 0 Å². The standard InChI is InChI=1S/C22H29N7O7S2/c1-3-8-36-26-14(13-11-38-21(23)24-13)17(30)25-15-18(31)29-16(20(32)33)12(10-37-19(15)29)9-35-22(34)28-6-4-27(2)5-7-28/h11,15,19H,3-10H2,1-2H3,(H2,23,24)(H,25,30)(H,32,33)/b26-14+/t15?,19-/m1/s1. The number of carbonyl (C=O) groups is 4. The van der Waals surface area contributed by atoms with Gasteiger partial charge in [0.1, 0.15) is 36.0 Å². The highest BCUT2D eigenvalue weighted by molar-refractivity contribution is 8.00. The summed E-state index contributed by atoms with van der Waals surface area (Å²) >= 11 is 2.39. The number of aromatic nitrogens is 1. The Bertz CT molecular complexity index is 1160. The maximum Gasteiger partial charge on any atom is 0.410 e. The summed E-state index contributed by atoms with van der Waals surface area (Å²) in [5, 5.41) is 17.5. The molecule has 2 fully saturated rings. The van der Waals surface area contributed by atoms with Gasteiger partial charge < -0.3 is 35.5 Å². The highest BCUT2D eigenvalue weighted by atomic mass is 32.2. The molecule has 2 atom stereocenters. The summed E-state index contributed by atoms with van der Waals surface area (Å²) in [6, 6.07) is -0.983. The number of rotatable bonds is 9. The summed E-state index contributed by atoms with van der Waals surface area (Å²) in [5.41, 5.74) is 5.84. The topological polar surface area (TPSA) is 180 Å². The Morgan fingerprint density at radius 3 is 2.66 bits per heavy atom. The number of hydrogen-bond donors (Lipinski definition) is 3. The van der Waals surface area contributed by atoms with Crippen LogP contribution in [0.25, 0.3) is 0 Å². The van der Waals surface area contributed by atoms with Crippen molar-refractivity contribution in [2.45, 2.75) is 24.8 Å². The summed E-state index contributed by atoms with van der Waals surface area (Å²) in [6.45, 7) is 4.39. The molecule has 1 aromatic heterocycles. The number of nitrogens with one attached hydrogen (secondary N) is 1. The number of carboxylic acid groups (broad SMARTS) is 1. The van der Waals surface area contributed by atoms with Crippen LogP contribution in [0.2, 0.25) is 0 Å². The number of thiazole rings is 1. The number of nitrogens with two attached hydrogens (primary N) is 1. The van der Waals surface area contributed by atoms with Crippen LogP contribution < -0.4 is 11.1 Å². The first-order valence-corrected chi connectivity index (χ1v) is 13.9. The molecule has 0 saturated carbocycles. The van der Waals surface area contributed by atoms with Crippen LogP contribution in [0.1, 0.15) is 19.0 Å². The Hall–Kier alpha value is -3.37. The fourth-order valence-electron chi connectivity index (χ4n) is 4.04. The molecule has 4 rings (SSSR count). The van der Waals surface area contributed by atoms with Crippen LogP contribution in [-0.4, -0.2) is 118 Å². The summed E-state index contributed by atoms with van der Waals surface area (Å²) in [5.74, 6) is -2.39. The summed E-state index contributed by atoms with van der Waals surface area (Å²) in [6.07, 6.45) is 0.145. The van der Waals surface area contributed by atoms with Crippen LogP contribution in [0, 0.1) is 0 Å². The first-order chi connectivity index (χ1) is 18.2. The Kier molecular flexibility index (Phi) is 8.73. The number of oxime groups is 1. The van der Waals surface area contributed by atoms with Crippen molar-refractivity contribution in [1.29, 1.82) is 0 Å². The number of fused-ring (bicyclic) bond motifs is 1. The van der Waals surface area contributed by atoms with E-state index in [2.05, 4.69) is 20.4 Å². The van der Waals surface area contributed by atoms with Gasteiger partial charge >= 0.3 is 12.1 Å². The molecule has 4 N–H and O–H groups in total. The van der Waals surface area contributed by atoms with Crippen LogP contribution in [-0.2, 0) is 24.0 Å². The zero-order chi connectivity index (χ0) is 27.4. The molecular weight excluding hydrogens is 538 g/mol. The van der Waals surface area contributed by atoms with Gasteiger partial charge in [0, 0.05) is 42.9 Å². The molecule has 16 heteroatoms. The molecule has 0 aromatic carbocycles. The van der Waals surface area contributed by atoms with E-state index in [-0.39, 0.29) is 41.2 Å². The Labute approximate surface area is 226 Å². The van der Waals surface area contributed by atoms with E-state index in [0.29, 0.717) is 25.1 Å². The maximum atomic E-state index is 13.0. The highest BCUT2D eigenvalue weighted by Gasteiger charge is 2.54. The van der Waals surface area contributed by atoms with E-state index in [0.717, 1.165) is 29.3 Å². The fourth-order valence-corrected chi connectivity index (χ4v) is 5.91. The fraction of sp³-hybridized carbons (Fsp3) is 0.545. The number of piperazine rings is 1. The van der Waals surface area contributed by atoms with Gasteiger partial charge in [-0.1, -0.05) is 12.1 Å².